The molecule has 0 aliphatic carbocycles. The number of hydrogen-bond acceptors (Lipinski definition) is 6. The Labute approximate surface area is 156 Å². The van der Waals surface area contributed by atoms with Crippen molar-refractivity contribution in [3.63, 3.8) is 0 Å². The van der Waals surface area contributed by atoms with Crippen molar-refractivity contribution < 1.29 is 23.8 Å². The Bertz CT molecular complexity index is 672. The predicted octanol–water partition coefficient (Wildman–Crippen LogP) is 1.28. The van der Waals surface area contributed by atoms with Crippen LogP contribution in [0.5, 0.6) is 5.75 Å². The molecule has 0 bridgehead atoms. The van der Waals surface area contributed by atoms with Gasteiger partial charge >= 0.3 is 6.09 Å². The van der Waals surface area contributed by atoms with Crippen LogP contribution in [0, 0.1) is 5.92 Å². The van der Waals surface area contributed by atoms with E-state index in [1.165, 1.54) is 12.4 Å². The lowest BCUT2D eigenvalue weighted by molar-refractivity contribution is -0.133. The molecular weight excluding hydrogens is 357 g/mol. The summed E-state index contributed by atoms with van der Waals surface area (Å²) in [5.74, 6) is 1.08. The van der Waals surface area contributed by atoms with Crippen LogP contribution in [0.2, 0.25) is 0 Å². The number of carboxylic acid groups (broad SMARTS) is 1. The van der Waals surface area contributed by atoms with E-state index in [-0.39, 0.29) is 30.5 Å². The van der Waals surface area contributed by atoms with E-state index in [0.29, 0.717) is 31.1 Å². The summed E-state index contributed by atoms with van der Waals surface area (Å²) in [5.41, 5.74) is 0.147. The first-order valence-electron chi connectivity index (χ1n) is 8.56. The monoisotopic (exact) mass is 381 g/mol. The van der Waals surface area contributed by atoms with E-state index in [2.05, 4.69) is 15.3 Å². The van der Waals surface area contributed by atoms with Gasteiger partial charge in [0.1, 0.15) is 6.61 Å². The van der Waals surface area contributed by atoms with Crippen molar-refractivity contribution in [1.82, 2.24) is 20.2 Å². The molecule has 2 amide bonds. The van der Waals surface area contributed by atoms with Crippen LogP contribution in [0.15, 0.2) is 24.3 Å². The summed E-state index contributed by atoms with van der Waals surface area (Å²) in [6.07, 6.45) is 3.54. The zero-order valence-electron chi connectivity index (χ0n) is 15.4. The molecule has 1 aliphatic rings. The third-order valence-corrected chi connectivity index (χ3v) is 4.23. The molecule has 1 saturated heterocycles. The molecule has 1 aromatic rings. The van der Waals surface area contributed by atoms with Gasteiger partial charge in [-0.1, -0.05) is 0 Å². The third-order valence-electron chi connectivity index (χ3n) is 4.23. The number of piperidine rings is 1. The normalized spacial score (nSPS) is 15.4. The number of ether oxygens (including phenoxy) is 1. The number of carbonyl (C=O) groups excluding carboxylic acids is 1. The molecule has 27 heavy (non-hydrogen) atoms. The summed E-state index contributed by atoms with van der Waals surface area (Å²) in [6, 6.07) is 0. The molecule has 2 N–H and O–H groups in total. The van der Waals surface area contributed by atoms with Gasteiger partial charge in [0.05, 0.1) is 18.7 Å². The molecule has 148 valence electrons. The van der Waals surface area contributed by atoms with Gasteiger partial charge in [0.15, 0.2) is 5.75 Å². The van der Waals surface area contributed by atoms with Crippen LogP contribution in [0.25, 0.3) is 0 Å². The van der Waals surface area contributed by atoms with E-state index < -0.39 is 6.09 Å². The second-order valence-electron chi connectivity index (χ2n) is 6.43. The van der Waals surface area contributed by atoms with Gasteiger partial charge in [-0.05, 0) is 12.8 Å². The fraction of sp³-hybridized carbons (Fsp3) is 0.529. The molecule has 0 saturated carbocycles. The second-order valence-corrected chi connectivity index (χ2v) is 6.43. The zero-order valence-corrected chi connectivity index (χ0v) is 15.4. The molecular formula is C17H24FN5O4. The van der Waals surface area contributed by atoms with Gasteiger partial charge in [-0.15, -0.1) is 0 Å². The molecule has 0 atom stereocenters. The van der Waals surface area contributed by atoms with Crippen molar-refractivity contribution >= 4 is 17.9 Å². The largest absolute Gasteiger partial charge is 0.486 e. The Morgan fingerprint density at radius 3 is 2.52 bits per heavy atom. The molecule has 0 aromatic carbocycles. The number of nitrogens with one attached hydrogen (secondary N) is 1. The Morgan fingerprint density at radius 1 is 1.37 bits per heavy atom. The first kappa shape index (κ1) is 20.4. The highest BCUT2D eigenvalue weighted by Gasteiger charge is 2.27. The minimum atomic E-state index is -1.24. The van der Waals surface area contributed by atoms with Crippen LogP contribution in [-0.2, 0) is 4.79 Å². The van der Waals surface area contributed by atoms with E-state index in [1.54, 1.807) is 19.0 Å². The third kappa shape index (κ3) is 6.08. The Morgan fingerprint density at radius 2 is 2.00 bits per heavy atom. The van der Waals surface area contributed by atoms with Crippen molar-refractivity contribution in [2.24, 2.45) is 5.92 Å². The van der Waals surface area contributed by atoms with Crippen molar-refractivity contribution in [3.8, 4) is 5.75 Å². The van der Waals surface area contributed by atoms with E-state index in [0.717, 1.165) is 12.8 Å². The summed E-state index contributed by atoms with van der Waals surface area (Å²) in [5, 5.41) is 10.6. The van der Waals surface area contributed by atoms with Crippen molar-refractivity contribution in [2.75, 3.05) is 45.2 Å². The number of hydrogen-bond donors (Lipinski definition) is 2. The number of rotatable bonds is 7. The number of amides is 2. The quantitative estimate of drug-likeness (QED) is 0.732. The zero-order chi connectivity index (χ0) is 19.8. The lowest BCUT2D eigenvalue weighted by Crippen LogP contribution is -2.40. The van der Waals surface area contributed by atoms with Crippen molar-refractivity contribution in [3.05, 3.63) is 24.3 Å². The molecule has 10 heteroatoms. The minimum Gasteiger partial charge on any atom is -0.486 e. The van der Waals surface area contributed by atoms with Gasteiger partial charge in [0, 0.05) is 45.2 Å². The minimum absolute atomic E-state index is 0.0316. The predicted molar refractivity (Wildman–Crippen MR) is 96.4 cm³/mol. The van der Waals surface area contributed by atoms with Crippen molar-refractivity contribution in [2.45, 2.75) is 12.8 Å². The Balaban J connectivity index is 1.83. The van der Waals surface area contributed by atoms with Crippen LogP contribution >= 0.6 is 0 Å². The molecule has 0 radical (unpaired) electrons. The first-order chi connectivity index (χ1) is 12.9. The molecule has 1 fully saturated rings. The molecule has 2 rings (SSSR count). The van der Waals surface area contributed by atoms with Crippen LogP contribution in [0.3, 0.4) is 0 Å². The fourth-order valence-electron chi connectivity index (χ4n) is 2.73. The SMILES string of the molecule is CN(C)C(=O)C1CCN(c2ncc(OC/C(=C/F)CNC(=O)O)cn2)CC1. The number of anilines is 1. The standard InChI is InChI=1S/C17H24FN5O4/c1-22(2)15(24)13-3-5-23(6-4-13)16-19-9-14(10-20-16)27-11-12(7-18)8-21-17(25)26/h7,9-10,13,21H,3-6,8,11H2,1-2H3,(H,25,26)/b12-7+. The smallest absolute Gasteiger partial charge is 0.404 e. The maximum absolute atomic E-state index is 12.7. The van der Waals surface area contributed by atoms with Gasteiger partial charge in [0.25, 0.3) is 0 Å². The van der Waals surface area contributed by atoms with Gasteiger partial charge < -0.3 is 25.0 Å². The van der Waals surface area contributed by atoms with Gasteiger partial charge in [-0.3, -0.25) is 4.79 Å². The molecule has 2 heterocycles. The second kappa shape index (κ2) is 9.70. The number of aromatic nitrogens is 2. The molecule has 1 aliphatic heterocycles. The fourth-order valence-corrected chi connectivity index (χ4v) is 2.73. The van der Waals surface area contributed by atoms with Crippen LogP contribution in [0.4, 0.5) is 15.1 Å². The van der Waals surface area contributed by atoms with Gasteiger partial charge in [-0.2, -0.15) is 0 Å². The highest BCUT2D eigenvalue weighted by molar-refractivity contribution is 5.78. The topological polar surface area (TPSA) is 108 Å². The number of halogens is 1. The highest BCUT2D eigenvalue weighted by atomic mass is 19.1. The van der Waals surface area contributed by atoms with E-state index in [9.17, 15) is 14.0 Å². The maximum Gasteiger partial charge on any atom is 0.404 e. The van der Waals surface area contributed by atoms with Crippen LogP contribution in [0.1, 0.15) is 12.8 Å². The molecule has 0 spiro atoms. The van der Waals surface area contributed by atoms with Crippen molar-refractivity contribution in [1.29, 1.82) is 0 Å². The number of nitrogens with zero attached hydrogens (tertiary/aromatic N) is 4. The number of carbonyl (C=O) groups is 2. The van der Waals surface area contributed by atoms with Gasteiger partial charge in [-0.25, -0.2) is 19.2 Å². The van der Waals surface area contributed by atoms with Crippen LogP contribution in [-0.4, -0.2) is 72.3 Å². The lowest BCUT2D eigenvalue weighted by atomic mass is 9.96. The summed E-state index contributed by atoms with van der Waals surface area (Å²) < 4.78 is 18.1. The van der Waals surface area contributed by atoms with E-state index in [4.69, 9.17) is 9.84 Å². The first-order valence-corrected chi connectivity index (χ1v) is 8.56. The molecule has 1 aromatic heterocycles. The Hall–Kier alpha value is -2.91. The summed E-state index contributed by atoms with van der Waals surface area (Å²) in [7, 11) is 3.52. The lowest BCUT2D eigenvalue weighted by Gasteiger charge is -2.32. The van der Waals surface area contributed by atoms with E-state index in [1.807, 2.05) is 4.90 Å². The summed E-state index contributed by atoms with van der Waals surface area (Å²) in [6.45, 7) is 1.11. The summed E-state index contributed by atoms with van der Waals surface area (Å²) >= 11 is 0. The van der Waals surface area contributed by atoms with Crippen LogP contribution < -0.4 is 15.0 Å². The van der Waals surface area contributed by atoms with Gasteiger partial charge in [0.2, 0.25) is 11.9 Å². The highest BCUT2D eigenvalue weighted by Crippen LogP contribution is 2.22. The molecule has 9 nitrogen and oxygen atoms in total. The summed E-state index contributed by atoms with van der Waals surface area (Å²) in [4.78, 5) is 34.6. The average molecular weight is 381 g/mol. The Kier molecular flexibility index (Phi) is 7.33. The maximum atomic E-state index is 12.7. The average Bonchev–Trinajstić information content (AvgIpc) is 2.68. The molecule has 0 unspecified atom stereocenters. The van der Waals surface area contributed by atoms with E-state index >= 15 is 0 Å².